The van der Waals surface area contributed by atoms with Gasteiger partial charge in [0.2, 0.25) is 0 Å². The zero-order valence-corrected chi connectivity index (χ0v) is 11.7. The summed E-state index contributed by atoms with van der Waals surface area (Å²) in [5, 5.41) is 17.0. The van der Waals surface area contributed by atoms with Crippen molar-refractivity contribution in [2.45, 2.75) is 38.9 Å². The molecular formula is C13H19N3O3. The van der Waals surface area contributed by atoms with Gasteiger partial charge in [0.05, 0.1) is 17.4 Å². The van der Waals surface area contributed by atoms with E-state index in [9.17, 15) is 9.90 Å². The number of hydrogen-bond acceptors (Lipinski definition) is 5. The van der Waals surface area contributed by atoms with Crippen LogP contribution in [-0.4, -0.2) is 45.6 Å². The van der Waals surface area contributed by atoms with Crippen molar-refractivity contribution in [1.82, 2.24) is 10.2 Å². The second kappa shape index (κ2) is 4.45. The van der Waals surface area contributed by atoms with Crippen molar-refractivity contribution in [3.05, 3.63) is 17.8 Å². The molecule has 0 radical (unpaired) electrons. The molecule has 19 heavy (non-hydrogen) atoms. The molecule has 2 heterocycles. The van der Waals surface area contributed by atoms with Gasteiger partial charge < -0.3 is 14.7 Å². The van der Waals surface area contributed by atoms with Crippen LogP contribution < -0.4 is 4.90 Å². The van der Waals surface area contributed by atoms with Crippen molar-refractivity contribution in [2.24, 2.45) is 0 Å². The molecule has 104 valence electrons. The third-order valence-electron chi connectivity index (χ3n) is 2.93. The van der Waals surface area contributed by atoms with Crippen LogP contribution in [0.4, 0.5) is 5.82 Å². The molecule has 1 aliphatic rings. The highest BCUT2D eigenvalue weighted by atomic mass is 16.5. The lowest BCUT2D eigenvalue weighted by Gasteiger charge is -2.47. The van der Waals surface area contributed by atoms with Crippen LogP contribution in [0.3, 0.4) is 0 Å². The second-order valence-corrected chi connectivity index (χ2v) is 6.05. The van der Waals surface area contributed by atoms with Crippen LogP contribution in [-0.2, 0) is 4.74 Å². The summed E-state index contributed by atoms with van der Waals surface area (Å²) in [5.41, 5.74) is -0.562. The monoisotopic (exact) mass is 265 g/mol. The van der Waals surface area contributed by atoms with E-state index in [1.54, 1.807) is 0 Å². The molecule has 0 unspecified atom stereocenters. The van der Waals surface area contributed by atoms with Gasteiger partial charge in [-0.15, -0.1) is 5.10 Å². The number of ether oxygens (including phenoxy) is 1. The third-order valence-corrected chi connectivity index (χ3v) is 2.93. The van der Waals surface area contributed by atoms with Gasteiger partial charge in [0.25, 0.3) is 0 Å². The minimum Gasteiger partial charge on any atom is -0.478 e. The lowest BCUT2D eigenvalue weighted by molar-refractivity contribution is -0.133. The first kappa shape index (κ1) is 13.7. The zero-order valence-electron chi connectivity index (χ0n) is 11.7. The highest BCUT2D eigenvalue weighted by Crippen LogP contribution is 2.31. The number of anilines is 1. The first-order valence-electron chi connectivity index (χ1n) is 6.20. The summed E-state index contributed by atoms with van der Waals surface area (Å²) < 4.78 is 5.98. The van der Waals surface area contributed by atoms with Gasteiger partial charge in [-0.1, -0.05) is 0 Å². The molecule has 1 aliphatic heterocycles. The Labute approximate surface area is 112 Å². The molecule has 0 aliphatic carbocycles. The standard InChI is InChI=1S/C13H19N3O3/c1-12(2)7-16(8-13(3,4)19-12)10-9(11(17)18)5-6-14-15-10/h5-6H,7-8H2,1-4H3,(H,17,18). The summed E-state index contributed by atoms with van der Waals surface area (Å²) in [6, 6.07) is 1.47. The number of morpholine rings is 1. The number of rotatable bonds is 2. The SMILES string of the molecule is CC1(C)CN(c2nnccc2C(=O)O)CC(C)(C)O1. The van der Waals surface area contributed by atoms with Crippen LogP contribution in [0.1, 0.15) is 38.1 Å². The van der Waals surface area contributed by atoms with Crippen molar-refractivity contribution in [1.29, 1.82) is 0 Å². The number of carbonyl (C=O) groups is 1. The maximum absolute atomic E-state index is 11.3. The van der Waals surface area contributed by atoms with Gasteiger partial charge in [-0.3, -0.25) is 0 Å². The summed E-state index contributed by atoms with van der Waals surface area (Å²) in [5.74, 6) is -0.591. The average Bonchev–Trinajstić information content (AvgIpc) is 2.24. The molecule has 0 saturated carbocycles. The first-order valence-corrected chi connectivity index (χ1v) is 6.20. The Kier molecular flexibility index (Phi) is 3.22. The van der Waals surface area contributed by atoms with Crippen LogP contribution in [0.25, 0.3) is 0 Å². The van der Waals surface area contributed by atoms with E-state index in [0.29, 0.717) is 18.9 Å². The Bertz CT molecular complexity index is 484. The molecule has 1 aromatic rings. The van der Waals surface area contributed by atoms with E-state index in [0.717, 1.165) is 0 Å². The fraction of sp³-hybridized carbons (Fsp3) is 0.615. The van der Waals surface area contributed by atoms with Gasteiger partial charge in [0.15, 0.2) is 5.82 Å². The van der Waals surface area contributed by atoms with Crippen molar-refractivity contribution in [3.63, 3.8) is 0 Å². The van der Waals surface area contributed by atoms with E-state index in [1.165, 1.54) is 12.3 Å². The fourth-order valence-corrected chi connectivity index (χ4v) is 2.66. The van der Waals surface area contributed by atoms with Gasteiger partial charge in [-0.2, -0.15) is 5.10 Å². The Morgan fingerprint density at radius 2 is 1.89 bits per heavy atom. The van der Waals surface area contributed by atoms with Crippen LogP contribution >= 0.6 is 0 Å². The lowest BCUT2D eigenvalue weighted by Crippen LogP contribution is -2.57. The average molecular weight is 265 g/mol. The summed E-state index contributed by atoms with van der Waals surface area (Å²) in [4.78, 5) is 13.2. The van der Waals surface area contributed by atoms with Gasteiger partial charge in [-0.05, 0) is 33.8 Å². The molecule has 1 saturated heterocycles. The van der Waals surface area contributed by atoms with Crippen LogP contribution in [0.2, 0.25) is 0 Å². The molecule has 1 N–H and O–H groups in total. The normalized spacial score (nSPS) is 21.2. The van der Waals surface area contributed by atoms with E-state index < -0.39 is 5.97 Å². The van der Waals surface area contributed by atoms with Crippen LogP contribution in [0.5, 0.6) is 0 Å². The largest absolute Gasteiger partial charge is 0.478 e. The summed E-state index contributed by atoms with van der Waals surface area (Å²) >= 11 is 0. The molecule has 0 spiro atoms. The van der Waals surface area contributed by atoms with Crippen molar-refractivity contribution >= 4 is 11.8 Å². The Morgan fingerprint density at radius 1 is 1.32 bits per heavy atom. The van der Waals surface area contributed by atoms with E-state index in [4.69, 9.17) is 4.74 Å². The highest BCUT2D eigenvalue weighted by molar-refractivity contribution is 5.93. The topological polar surface area (TPSA) is 75.6 Å². The fourth-order valence-electron chi connectivity index (χ4n) is 2.66. The number of aromatic nitrogens is 2. The maximum atomic E-state index is 11.3. The molecule has 1 fully saturated rings. The number of nitrogens with zero attached hydrogens (tertiary/aromatic N) is 3. The van der Waals surface area contributed by atoms with E-state index in [-0.39, 0.29) is 16.8 Å². The predicted octanol–water partition coefficient (Wildman–Crippen LogP) is 1.57. The minimum absolute atomic E-state index is 0.170. The maximum Gasteiger partial charge on any atom is 0.339 e. The second-order valence-electron chi connectivity index (χ2n) is 6.05. The van der Waals surface area contributed by atoms with Crippen molar-refractivity contribution in [2.75, 3.05) is 18.0 Å². The van der Waals surface area contributed by atoms with Crippen LogP contribution in [0.15, 0.2) is 12.3 Å². The third kappa shape index (κ3) is 3.01. The molecule has 2 rings (SSSR count). The Balaban J connectivity index is 2.39. The Morgan fingerprint density at radius 3 is 2.42 bits per heavy atom. The number of carboxylic acid groups (broad SMARTS) is 1. The van der Waals surface area contributed by atoms with Crippen molar-refractivity contribution in [3.8, 4) is 0 Å². The minimum atomic E-state index is -0.994. The van der Waals surface area contributed by atoms with Gasteiger partial charge in [-0.25, -0.2) is 4.79 Å². The molecule has 0 aromatic carbocycles. The van der Waals surface area contributed by atoms with E-state index in [2.05, 4.69) is 10.2 Å². The first-order chi connectivity index (χ1) is 8.70. The van der Waals surface area contributed by atoms with Gasteiger partial charge in [0, 0.05) is 13.1 Å². The number of hydrogen-bond donors (Lipinski definition) is 1. The quantitative estimate of drug-likeness (QED) is 0.874. The molecule has 0 bridgehead atoms. The molecule has 0 atom stereocenters. The molecule has 0 amide bonds. The molecular weight excluding hydrogens is 246 g/mol. The molecule has 6 nitrogen and oxygen atoms in total. The molecule has 1 aromatic heterocycles. The van der Waals surface area contributed by atoms with E-state index in [1.807, 2.05) is 32.6 Å². The van der Waals surface area contributed by atoms with Gasteiger partial charge in [0.1, 0.15) is 5.56 Å². The van der Waals surface area contributed by atoms with E-state index >= 15 is 0 Å². The summed E-state index contributed by atoms with van der Waals surface area (Å²) in [6.07, 6.45) is 1.39. The Hall–Kier alpha value is -1.69. The predicted molar refractivity (Wildman–Crippen MR) is 70.4 cm³/mol. The van der Waals surface area contributed by atoms with Crippen molar-refractivity contribution < 1.29 is 14.6 Å². The smallest absolute Gasteiger partial charge is 0.339 e. The molecule has 6 heteroatoms. The van der Waals surface area contributed by atoms with Crippen LogP contribution in [0, 0.1) is 0 Å². The lowest BCUT2D eigenvalue weighted by atomic mass is 9.98. The summed E-state index contributed by atoms with van der Waals surface area (Å²) in [6.45, 7) is 9.09. The number of aromatic carboxylic acids is 1. The highest BCUT2D eigenvalue weighted by Gasteiger charge is 2.39. The summed E-state index contributed by atoms with van der Waals surface area (Å²) in [7, 11) is 0. The zero-order chi connectivity index (χ0) is 14.3. The number of carboxylic acids is 1. The van der Waals surface area contributed by atoms with Gasteiger partial charge >= 0.3 is 5.97 Å².